The first-order chi connectivity index (χ1) is 13.0. The van der Waals surface area contributed by atoms with Gasteiger partial charge < -0.3 is 9.73 Å². The maximum absolute atomic E-state index is 12.5. The number of carbonyl (C=O) groups is 1. The van der Waals surface area contributed by atoms with Gasteiger partial charge in [-0.2, -0.15) is 5.10 Å². The number of aromatic nitrogens is 2. The molecule has 0 spiro atoms. The Balaban J connectivity index is 1.71. The van der Waals surface area contributed by atoms with Crippen LogP contribution < -0.4 is 10.9 Å². The van der Waals surface area contributed by atoms with E-state index >= 15 is 0 Å². The van der Waals surface area contributed by atoms with Gasteiger partial charge in [0.05, 0.1) is 18.8 Å². The summed E-state index contributed by atoms with van der Waals surface area (Å²) in [6.45, 7) is 0.673. The summed E-state index contributed by atoms with van der Waals surface area (Å²) in [7, 11) is 3.83. The summed E-state index contributed by atoms with van der Waals surface area (Å²) in [6.07, 6.45) is 1.61. The molecule has 2 heterocycles. The van der Waals surface area contributed by atoms with Gasteiger partial charge in [-0.1, -0.05) is 30.3 Å². The standard InChI is InChI=1S/C20H22N4O3/c1-23(2)17(18-9-6-12-27-18)13-21-20(26)16-10-11-19(25)24(22-16)14-15-7-4-3-5-8-15/h3-12,17H,13-14H2,1-2H3,(H,21,26). The zero-order valence-electron chi connectivity index (χ0n) is 15.3. The molecule has 7 nitrogen and oxygen atoms in total. The highest BCUT2D eigenvalue weighted by molar-refractivity contribution is 5.92. The van der Waals surface area contributed by atoms with Crippen molar-refractivity contribution in [1.82, 2.24) is 20.0 Å². The van der Waals surface area contributed by atoms with Crippen molar-refractivity contribution in [3.8, 4) is 0 Å². The molecule has 1 atom stereocenters. The normalized spacial score (nSPS) is 12.1. The molecule has 140 valence electrons. The van der Waals surface area contributed by atoms with Crippen molar-refractivity contribution in [2.45, 2.75) is 12.6 Å². The molecule has 0 saturated carbocycles. The highest BCUT2D eigenvalue weighted by atomic mass is 16.3. The summed E-state index contributed by atoms with van der Waals surface area (Å²) in [6, 6.07) is 15.9. The molecule has 1 N–H and O–H groups in total. The molecule has 0 aliphatic carbocycles. The first kappa shape index (κ1) is 18.6. The maximum Gasteiger partial charge on any atom is 0.271 e. The Hall–Kier alpha value is -3.19. The summed E-state index contributed by atoms with van der Waals surface area (Å²) in [5, 5.41) is 7.07. The minimum absolute atomic E-state index is 0.0980. The van der Waals surface area contributed by atoms with E-state index < -0.39 is 0 Å². The molecule has 1 aromatic carbocycles. The molecule has 2 aromatic heterocycles. The summed E-state index contributed by atoms with van der Waals surface area (Å²) < 4.78 is 6.73. The van der Waals surface area contributed by atoms with E-state index in [1.165, 1.54) is 16.8 Å². The molecule has 0 saturated heterocycles. The SMILES string of the molecule is CN(C)C(CNC(=O)c1ccc(=O)n(Cc2ccccc2)n1)c1ccco1. The fourth-order valence-electron chi connectivity index (χ4n) is 2.74. The molecule has 27 heavy (non-hydrogen) atoms. The molecule has 7 heteroatoms. The van der Waals surface area contributed by atoms with Crippen molar-refractivity contribution >= 4 is 5.91 Å². The summed E-state index contributed by atoms with van der Waals surface area (Å²) in [4.78, 5) is 26.5. The minimum Gasteiger partial charge on any atom is -0.468 e. The van der Waals surface area contributed by atoms with Crippen LogP contribution in [0.25, 0.3) is 0 Å². The Labute approximate surface area is 157 Å². The highest BCUT2D eigenvalue weighted by Crippen LogP contribution is 2.17. The molecule has 1 unspecified atom stereocenters. The smallest absolute Gasteiger partial charge is 0.271 e. The van der Waals surface area contributed by atoms with E-state index in [-0.39, 0.29) is 23.2 Å². The predicted molar refractivity (Wildman–Crippen MR) is 102 cm³/mol. The molecule has 0 radical (unpaired) electrons. The molecule has 3 rings (SSSR count). The van der Waals surface area contributed by atoms with Crippen LogP contribution in [0.2, 0.25) is 0 Å². The van der Waals surface area contributed by atoms with Gasteiger partial charge in [0, 0.05) is 12.6 Å². The fourth-order valence-corrected chi connectivity index (χ4v) is 2.74. The first-order valence-corrected chi connectivity index (χ1v) is 8.64. The van der Waals surface area contributed by atoms with Crippen LogP contribution in [0.3, 0.4) is 0 Å². The van der Waals surface area contributed by atoms with Crippen LogP contribution in [0, 0.1) is 0 Å². The minimum atomic E-state index is -0.338. The van der Waals surface area contributed by atoms with Gasteiger partial charge >= 0.3 is 0 Å². The van der Waals surface area contributed by atoms with Crippen LogP contribution in [-0.2, 0) is 6.54 Å². The average Bonchev–Trinajstić information content (AvgIpc) is 3.18. The summed E-state index contributed by atoms with van der Waals surface area (Å²) in [5.74, 6) is 0.428. The monoisotopic (exact) mass is 366 g/mol. The third kappa shape index (κ3) is 4.71. The predicted octanol–water partition coefficient (Wildman–Crippen LogP) is 1.92. The van der Waals surface area contributed by atoms with Gasteiger partial charge in [-0.3, -0.25) is 14.5 Å². The van der Waals surface area contributed by atoms with Crippen molar-refractivity contribution in [3.63, 3.8) is 0 Å². The van der Waals surface area contributed by atoms with Crippen molar-refractivity contribution < 1.29 is 9.21 Å². The van der Waals surface area contributed by atoms with Crippen molar-refractivity contribution in [2.75, 3.05) is 20.6 Å². The van der Waals surface area contributed by atoms with Crippen LogP contribution >= 0.6 is 0 Å². The second-order valence-electron chi connectivity index (χ2n) is 6.40. The molecular weight excluding hydrogens is 344 g/mol. The van der Waals surface area contributed by atoms with Crippen LogP contribution in [0.1, 0.15) is 27.9 Å². The summed E-state index contributed by atoms with van der Waals surface area (Å²) in [5.41, 5.74) is 0.884. The maximum atomic E-state index is 12.5. The van der Waals surface area contributed by atoms with E-state index in [0.29, 0.717) is 13.1 Å². The van der Waals surface area contributed by atoms with Gasteiger partial charge in [0.15, 0.2) is 0 Å². The van der Waals surface area contributed by atoms with E-state index in [9.17, 15) is 9.59 Å². The number of hydrogen-bond donors (Lipinski definition) is 1. The largest absolute Gasteiger partial charge is 0.468 e. The van der Waals surface area contributed by atoms with Crippen molar-refractivity contribution in [2.24, 2.45) is 0 Å². The van der Waals surface area contributed by atoms with Gasteiger partial charge in [0.1, 0.15) is 11.5 Å². The number of nitrogens with zero attached hydrogens (tertiary/aromatic N) is 3. The average molecular weight is 366 g/mol. The van der Waals surface area contributed by atoms with E-state index in [1.807, 2.05) is 61.5 Å². The fraction of sp³-hybridized carbons (Fsp3) is 0.250. The number of rotatable bonds is 7. The Morgan fingerprint density at radius 2 is 1.93 bits per heavy atom. The van der Waals surface area contributed by atoms with Gasteiger partial charge in [0.25, 0.3) is 11.5 Å². The van der Waals surface area contributed by atoms with Crippen LogP contribution in [-0.4, -0.2) is 41.2 Å². The van der Waals surface area contributed by atoms with Gasteiger partial charge in [-0.25, -0.2) is 4.68 Å². The number of hydrogen-bond acceptors (Lipinski definition) is 5. The number of nitrogens with one attached hydrogen (secondary N) is 1. The Morgan fingerprint density at radius 3 is 2.59 bits per heavy atom. The summed E-state index contributed by atoms with van der Waals surface area (Å²) >= 11 is 0. The lowest BCUT2D eigenvalue weighted by molar-refractivity contribution is 0.0931. The number of likely N-dealkylation sites (N-methyl/N-ethyl adjacent to an activating group) is 1. The van der Waals surface area contributed by atoms with Gasteiger partial charge in [0.2, 0.25) is 0 Å². The second kappa shape index (κ2) is 8.46. The molecule has 0 fully saturated rings. The lowest BCUT2D eigenvalue weighted by Gasteiger charge is -2.22. The highest BCUT2D eigenvalue weighted by Gasteiger charge is 2.19. The first-order valence-electron chi connectivity index (χ1n) is 8.64. The van der Waals surface area contributed by atoms with Crippen LogP contribution in [0.5, 0.6) is 0 Å². The molecule has 3 aromatic rings. The quantitative estimate of drug-likeness (QED) is 0.691. The number of amides is 1. The van der Waals surface area contributed by atoms with Crippen molar-refractivity contribution in [1.29, 1.82) is 0 Å². The van der Waals surface area contributed by atoms with E-state index in [0.717, 1.165) is 11.3 Å². The van der Waals surface area contributed by atoms with E-state index in [2.05, 4.69) is 10.4 Å². The zero-order chi connectivity index (χ0) is 19.2. The third-order valence-electron chi connectivity index (χ3n) is 4.23. The molecule has 0 aliphatic rings. The number of furan rings is 1. The third-order valence-corrected chi connectivity index (χ3v) is 4.23. The molecule has 0 bridgehead atoms. The second-order valence-corrected chi connectivity index (χ2v) is 6.40. The molecule has 1 amide bonds. The van der Waals surface area contributed by atoms with Crippen LogP contribution in [0.15, 0.2) is 70.1 Å². The Kier molecular flexibility index (Phi) is 5.83. The Bertz CT molecular complexity index is 933. The molecule has 0 aliphatic heterocycles. The lowest BCUT2D eigenvalue weighted by atomic mass is 10.2. The number of benzene rings is 1. The van der Waals surface area contributed by atoms with Gasteiger partial charge in [-0.15, -0.1) is 0 Å². The topological polar surface area (TPSA) is 80.4 Å². The lowest BCUT2D eigenvalue weighted by Crippen LogP contribution is -2.36. The van der Waals surface area contributed by atoms with Crippen molar-refractivity contribution in [3.05, 3.63) is 88.2 Å². The zero-order valence-corrected chi connectivity index (χ0v) is 15.3. The van der Waals surface area contributed by atoms with E-state index in [4.69, 9.17) is 4.42 Å². The van der Waals surface area contributed by atoms with Crippen LogP contribution in [0.4, 0.5) is 0 Å². The number of carbonyl (C=O) groups excluding carboxylic acids is 1. The molecular formula is C20H22N4O3. The van der Waals surface area contributed by atoms with Gasteiger partial charge in [-0.05, 0) is 37.9 Å². The Morgan fingerprint density at radius 1 is 1.15 bits per heavy atom. The van der Waals surface area contributed by atoms with E-state index in [1.54, 1.807) is 6.26 Å².